The first-order valence-corrected chi connectivity index (χ1v) is 11.6. The van der Waals surface area contributed by atoms with Gasteiger partial charge in [0.1, 0.15) is 13.2 Å². The summed E-state index contributed by atoms with van der Waals surface area (Å²) >= 11 is 0. The number of rotatable bonds is 5. The van der Waals surface area contributed by atoms with Crippen molar-refractivity contribution in [2.24, 2.45) is 5.92 Å². The summed E-state index contributed by atoms with van der Waals surface area (Å²) in [7, 11) is -3.54. The number of benzene rings is 1. The molecule has 0 bridgehead atoms. The van der Waals surface area contributed by atoms with Gasteiger partial charge in [0.2, 0.25) is 5.91 Å². The second-order valence-corrected chi connectivity index (χ2v) is 9.82. The van der Waals surface area contributed by atoms with Crippen LogP contribution in [0.25, 0.3) is 0 Å². The molecule has 1 aromatic carbocycles. The standard InChI is InChI=1S/C20H27NO5S/c22-20(21-10-3-6-17(21)15-4-1-2-5-15)9-13-27(23,24)16-7-8-18-19(14-16)26-12-11-25-18/h7-8,14-15,17H,1-6,9-13H2. The number of hydrogen-bond donors (Lipinski definition) is 0. The number of likely N-dealkylation sites (tertiary alicyclic amines) is 1. The van der Waals surface area contributed by atoms with E-state index in [1.54, 1.807) is 6.07 Å². The smallest absolute Gasteiger partial charge is 0.223 e. The Balaban J connectivity index is 1.40. The van der Waals surface area contributed by atoms with Gasteiger partial charge in [-0.05, 0) is 43.7 Å². The number of fused-ring (bicyclic) bond motifs is 1. The lowest BCUT2D eigenvalue weighted by Gasteiger charge is -2.29. The molecule has 27 heavy (non-hydrogen) atoms. The molecule has 0 N–H and O–H groups in total. The average molecular weight is 394 g/mol. The minimum Gasteiger partial charge on any atom is -0.486 e. The zero-order valence-corrected chi connectivity index (χ0v) is 16.4. The molecular formula is C20H27NO5S. The van der Waals surface area contributed by atoms with Gasteiger partial charge in [0.15, 0.2) is 21.3 Å². The first-order valence-electron chi connectivity index (χ1n) is 9.96. The fraction of sp³-hybridized carbons (Fsp3) is 0.650. The molecule has 0 radical (unpaired) electrons. The largest absolute Gasteiger partial charge is 0.486 e. The fourth-order valence-corrected chi connectivity index (χ4v) is 5.88. The van der Waals surface area contributed by atoms with Crippen LogP contribution in [0.5, 0.6) is 11.5 Å². The Hall–Kier alpha value is -1.76. The predicted octanol–water partition coefficient (Wildman–Crippen LogP) is 2.80. The second kappa shape index (κ2) is 7.70. The molecular weight excluding hydrogens is 366 g/mol. The maximum atomic E-state index is 12.7. The van der Waals surface area contributed by atoms with E-state index in [1.165, 1.54) is 37.8 Å². The normalized spacial score (nSPS) is 23.0. The molecule has 1 aliphatic carbocycles. The van der Waals surface area contributed by atoms with Crippen LogP contribution in [-0.4, -0.2) is 50.8 Å². The van der Waals surface area contributed by atoms with Crippen LogP contribution < -0.4 is 9.47 Å². The molecule has 1 atom stereocenters. The highest BCUT2D eigenvalue weighted by Gasteiger charge is 2.36. The lowest BCUT2D eigenvalue weighted by molar-refractivity contribution is -0.132. The van der Waals surface area contributed by atoms with Gasteiger partial charge >= 0.3 is 0 Å². The van der Waals surface area contributed by atoms with Crippen molar-refractivity contribution in [3.05, 3.63) is 18.2 Å². The Morgan fingerprint density at radius 1 is 1.04 bits per heavy atom. The van der Waals surface area contributed by atoms with Gasteiger partial charge < -0.3 is 14.4 Å². The SMILES string of the molecule is O=C(CCS(=O)(=O)c1ccc2c(c1)OCCO2)N1CCCC1C1CCCC1. The Labute approximate surface area is 160 Å². The van der Waals surface area contributed by atoms with Gasteiger partial charge in [0, 0.05) is 25.1 Å². The molecule has 0 spiro atoms. The lowest BCUT2D eigenvalue weighted by atomic mass is 9.96. The first-order chi connectivity index (χ1) is 13.0. The molecule has 1 saturated carbocycles. The molecule has 1 unspecified atom stereocenters. The van der Waals surface area contributed by atoms with Crippen LogP contribution in [0, 0.1) is 5.92 Å². The second-order valence-electron chi connectivity index (χ2n) is 7.72. The zero-order valence-electron chi connectivity index (χ0n) is 15.6. The number of carbonyl (C=O) groups is 1. The summed E-state index contributed by atoms with van der Waals surface area (Å²) in [4.78, 5) is 14.9. The number of carbonyl (C=O) groups excluding carboxylic acids is 1. The maximum absolute atomic E-state index is 12.7. The third kappa shape index (κ3) is 3.93. The highest BCUT2D eigenvalue weighted by molar-refractivity contribution is 7.91. The van der Waals surface area contributed by atoms with E-state index in [2.05, 4.69) is 0 Å². The van der Waals surface area contributed by atoms with E-state index in [4.69, 9.17) is 9.47 Å². The van der Waals surface area contributed by atoms with Gasteiger partial charge in [-0.15, -0.1) is 0 Å². The van der Waals surface area contributed by atoms with E-state index in [-0.39, 0.29) is 23.0 Å². The van der Waals surface area contributed by atoms with Gasteiger partial charge in [-0.1, -0.05) is 12.8 Å². The Morgan fingerprint density at radius 2 is 1.78 bits per heavy atom. The van der Waals surface area contributed by atoms with Gasteiger partial charge in [-0.2, -0.15) is 0 Å². The molecule has 1 saturated heterocycles. The van der Waals surface area contributed by atoms with Crippen LogP contribution in [0.3, 0.4) is 0 Å². The third-order valence-corrected chi connectivity index (χ3v) is 7.73. The molecule has 148 valence electrons. The van der Waals surface area contributed by atoms with E-state index in [1.807, 2.05) is 4.90 Å². The summed E-state index contributed by atoms with van der Waals surface area (Å²) in [5, 5.41) is 0. The van der Waals surface area contributed by atoms with Crippen molar-refractivity contribution in [2.45, 2.75) is 55.9 Å². The van der Waals surface area contributed by atoms with Crippen molar-refractivity contribution in [1.82, 2.24) is 4.90 Å². The van der Waals surface area contributed by atoms with Gasteiger partial charge in [0.05, 0.1) is 10.6 Å². The highest BCUT2D eigenvalue weighted by atomic mass is 32.2. The van der Waals surface area contributed by atoms with Crippen LogP contribution in [0.2, 0.25) is 0 Å². The number of hydrogen-bond acceptors (Lipinski definition) is 5. The van der Waals surface area contributed by atoms with Crippen molar-refractivity contribution in [3.8, 4) is 11.5 Å². The molecule has 6 nitrogen and oxygen atoms in total. The quantitative estimate of drug-likeness (QED) is 0.769. The van der Waals surface area contributed by atoms with Crippen molar-refractivity contribution in [3.63, 3.8) is 0 Å². The predicted molar refractivity (Wildman–Crippen MR) is 101 cm³/mol. The van der Waals surface area contributed by atoms with Crippen molar-refractivity contribution in [2.75, 3.05) is 25.5 Å². The van der Waals surface area contributed by atoms with Crippen LogP contribution in [-0.2, 0) is 14.6 Å². The fourth-order valence-electron chi connectivity index (χ4n) is 4.63. The summed E-state index contributed by atoms with van der Waals surface area (Å²) in [6, 6.07) is 4.98. The maximum Gasteiger partial charge on any atom is 0.223 e. The molecule has 4 rings (SSSR count). The monoisotopic (exact) mass is 393 g/mol. The minimum absolute atomic E-state index is 0.0227. The summed E-state index contributed by atoms with van der Waals surface area (Å²) < 4.78 is 36.3. The number of sulfone groups is 1. The van der Waals surface area contributed by atoms with E-state index in [0.29, 0.717) is 36.7 Å². The van der Waals surface area contributed by atoms with Crippen molar-refractivity contribution in [1.29, 1.82) is 0 Å². The number of nitrogens with zero attached hydrogens (tertiary/aromatic N) is 1. The average Bonchev–Trinajstić information content (AvgIpc) is 3.37. The topological polar surface area (TPSA) is 72.9 Å². The van der Waals surface area contributed by atoms with E-state index in [9.17, 15) is 13.2 Å². The molecule has 2 aliphatic heterocycles. The number of ether oxygens (including phenoxy) is 2. The first kappa shape index (κ1) is 18.6. The lowest BCUT2D eigenvalue weighted by Crippen LogP contribution is -2.40. The number of amides is 1. The highest BCUT2D eigenvalue weighted by Crippen LogP contribution is 2.36. The van der Waals surface area contributed by atoms with Crippen LogP contribution in [0.4, 0.5) is 0 Å². The zero-order chi connectivity index (χ0) is 18.9. The Bertz CT molecular complexity index is 801. The molecule has 7 heteroatoms. The van der Waals surface area contributed by atoms with E-state index >= 15 is 0 Å². The van der Waals surface area contributed by atoms with Crippen LogP contribution in [0.15, 0.2) is 23.1 Å². The Kier molecular flexibility index (Phi) is 5.30. The molecule has 1 amide bonds. The molecule has 2 heterocycles. The van der Waals surface area contributed by atoms with Crippen molar-refractivity contribution < 1.29 is 22.7 Å². The van der Waals surface area contributed by atoms with Crippen LogP contribution >= 0.6 is 0 Å². The van der Waals surface area contributed by atoms with Gasteiger partial charge in [-0.3, -0.25) is 4.79 Å². The molecule has 1 aromatic rings. The molecule has 2 fully saturated rings. The third-order valence-electron chi connectivity index (χ3n) is 6.02. The molecule has 3 aliphatic rings. The van der Waals surface area contributed by atoms with Crippen LogP contribution in [0.1, 0.15) is 44.9 Å². The van der Waals surface area contributed by atoms with E-state index in [0.717, 1.165) is 19.4 Å². The molecule has 0 aromatic heterocycles. The summed E-state index contributed by atoms with van der Waals surface area (Å²) in [6.07, 6.45) is 7.03. The van der Waals surface area contributed by atoms with Crippen molar-refractivity contribution >= 4 is 15.7 Å². The van der Waals surface area contributed by atoms with E-state index < -0.39 is 9.84 Å². The summed E-state index contributed by atoms with van der Waals surface area (Å²) in [5.41, 5.74) is 0. The summed E-state index contributed by atoms with van der Waals surface area (Å²) in [6.45, 7) is 1.64. The summed E-state index contributed by atoms with van der Waals surface area (Å²) in [5.74, 6) is 1.43. The van der Waals surface area contributed by atoms with Gasteiger partial charge in [0.25, 0.3) is 0 Å². The minimum atomic E-state index is -3.54. The Morgan fingerprint density at radius 3 is 2.56 bits per heavy atom. The van der Waals surface area contributed by atoms with Gasteiger partial charge in [-0.25, -0.2) is 8.42 Å².